The van der Waals surface area contributed by atoms with Crippen molar-refractivity contribution in [2.75, 3.05) is 31.1 Å². The molecule has 1 aromatic carbocycles. The number of rotatable bonds is 5. The number of benzene rings is 1. The number of non-ortho nitro benzene ring substituents is 1. The lowest BCUT2D eigenvalue weighted by Gasteiger charge is -2.34. The summed E-state index contributed by atoms with van der Waals surface area (Å²) in [7, 11) is -3.79. The van der Waals surface area contributed by atoms with Crippen LogP contribution in [0.15, 0.2) is 58.8 Å². The molecule has 0 atom stereocenters. The summed E-state index contributed by atoms with van der Waals surface area (Å²) in [6.45, 7) is 1.45. The highest BCUT2D eigenvalue weighted by Gasteiger charge is 2.30. The molecule has 29 heavy (non-hydrogen) atoms. The van der Waals surface area contributed by atoms with Crippen LogP contribution in [0.1, 0.15) is 0 Å². The number of piperazine rings is 1. The number of hydrogen-bond acceptors (Lipinski definition) is 8. The van der Waals surface area contributed by atoms with Gasteiger partial charge in [-0.3, -0.25) is 10.1 Å². The molecule has 2 aromatic heterocycles. The minimum absolute atomic E-state index is 0.0692. The highest BCUT2D eigenvalue weighted by atomic mass is 32.2. The Balaban J connectivity index is 1.45. The summed E-state index contributed by atoms with van der Waals surface area (Å²) in [6, 6.07) is 12.8. The minimum atomic E-state index is -3.79. The van der Waals surface area contributed by atoms with Crippen LogP contribution in [0.3, 0.4) is 0 Å². The number of nitro benzene ring substituents is 1. The lowest BCUT2D eigenvalue weighted by molar-refractivity contribution is -0.385. The highest BCUT2D eigenvalue weighted by Crippen LogP contribution is 2.25. The molecule has 4 rings (SSSR count). The first-order valence-electron chi connectivity index (χ1n) is 8.82. The smallest absolute Gasteiger partial charge is 0.270 e. The standard InChI is InChI=1S/C18H17N5O4S2/c24-23(25)14-3-1-4-15(13-14)29(26,27)22-10-8-21(9-11-22)18-7-6-16(19-20-18)17-5-2-12-28-17/h1-7,12-13H,8-11H2. The number of sulfonamides is 1. The van der Waals surface area contributed by atoms with Gasteiger partial charge in [-0.15, -0.1) is 21.5 Å². The van der Waals surface area contributed by atoms with E-state index < -0.39 is 14.9 Å². The second-order valence-electron chi connectivity index (χ2n) is 6.40. The number of aromatic nitrogens is 2. The van der Waals surface area contributed by atoms with Gasteiger partial charge in [0.05, 0.1) is 14.7 Å². The van der Waals surface area contributed by atoms with Crippen LogP contribution in [0, 0.1) is 10.1 Å². The van der Waals surface area contributed by atoms with Crippen LogP contribution in [0.4, 0.5) is 11.5 Å². The third-order valence-electron chi connectivity index (χ3n) is 4.65. The van der Waals surface area contributed by atoms with E-state index in [0.717, 1.165) is 16.6 Å². The fourth-order valence-corrected chi connectivity index (χ4v) is 5.27. The van der Waals surface area contributed by atoms with Crippen molar-refractivity contribution in [3.05, 3.63) is 64.0 Å². The molecule has 11 heteroatoms. The highest BCUT2D eigenvalue weighted by molar-refractivity contribution is 7.89. The molecule has 0 N–H and O–H groups in total. The van der Waals surface area contributed by atoms with Crippen LogP contribution in [0.25, 0.3) is 10.6 Å². The molecule has 0 spiro atoms. The predicted octanol–water partition coefficient (Wildman–Crippen LogP) is 2.62. The molecule has 1 aliphatic rings. The van der Waals surface area contributed by atoms with Crippen molar-refractivity contribution < 1.29 is 13.3 Å². The summed E-state index contributed by atoms with van der Waals surface area (Å²) in [4.78, 5) is 13.3. The zero-order valence-electron chi connectivity index (χ0n) is 15.2. The maximum Gasteiger partial charge on any atom is 0.270 e. The van der Waals surface area contributed by atoms with Crippen molar-refractivity contribution >= 4 is 32.9 Å². The molecule has 0 bridgehead atoms. The maximum atomic E-state index is 12.8. The minimum Gasteiger partial charge on any atom is -0.352 e. The van der Waals surface area contributed by atoms with E-state index in [-0.39, 0.29) is 23.7 Å². The Bertz CT molecular complexity index is 1110. The van der Waals surface area contributed by atoms with Gasteiger partial charge in [-0.05, 0) is 29.6 Å². The Morgan fingerprint density at radius 3 is 2.41 bits per heavy atom. The van der Waals surface area contributed by atoms with Crippen LogP contribution in [0.2, 0.25) is 0 Å². The van der Waals surface area contributed by atoms with Gasteiger partial charge in [0.1, 0.15) is 5.69 Å². The quantitative estimate of drug-likeness (QED) is 0.451. The average Bonchev–Trinajstić information content (AvgIpc) is 3.29. The second kappa shape index (κ2) is 7.85. The fraction of sp³-hybridized carbons (Fsp3) is 0.222. The van der Waals surface area contributed by atoms with Crippen LogP contribution < -0.4 is 4.90 Å². The molecule has 1 aliphatic heterocycles. The van der Waals surface area contributed by atoms with E-state index in [0.29, 0.717) is 18.9 Å². The van der Waals surface area contributed by atoms with Crippen molar-refractivity contribution in [2.45, 2.75) is 4.90 Å². The van der Waals surface area contributed by atoms with Crippen LogP contribution in [-0.2, 0) is 10.0 Å². The van der Waals surface area contributed by atoms with Crippen molar-refractivity contribution in [2.24, 2.45) is 0 Å². The summed E-state index contributed by atoms with van der Waals surface area (Å²) >= 11 is 1.59. The molecule has 0 radical (unpaired) electrons. The van der Waals surface area contributed by atoms with Gasteiger partial charge in [-0.25, -0.2) is 8.42 Å². The average molecular weight is 431 g/mol. The molecule has 9 nitrogen and oxygen atoms in total. The second-order valence-corrected chi connectivity index (χ2v) is 9.29. The Kier molecular flexibility index (Phi) is 5.26. The molecular weight excluding hydrogens is 414 g/mol. The summed E-state index contributed by atoms with van der Waals surface area (Å²) in [5, 5.41) is 21.4. The molecular formula is C18H17N5O4S2. The number of nitrogens with zero attached hydrogens (tertiary/aromatic N) is 5. The summed E-state index contributed by atoms with van der Waals surface area (Å²) in [5.74, 6) is 0.692. The van der Waals surface area contributed by atoms with E-state index >= 15 is 0 Å². The van der Waals surface area contributed by atoms with E-state index in [1.807, 2.05) is 34.5 Å². The molecule has 1 fully saturated rings. The first-order valence-corrected chi connectivity index (χ1v) is 11.1. The largest absolute Gasteiger partial charge is 0.352 e. The van der Waals surface area contributed by atoms with Crippen molar-refractivity contribution in [1.29, 1.82) is 0 Å². The molecule has 0 amide bonds. The third kappa shape index (κ3) is 3.97. The molecule has 3 heterocycles. The Morgan fingerprint density at radius 1 is 1.00 bits per heavy atom. The SMILES string of the molecule is O=[N+]([O-])c1cccc(S(=O)(=O)N2CCN(c3ccc(-c4cccs4)nn3)CC2)c1. The number of anilines is 1. The zero-order chi connectivity index (χ0) is 20.4. The van der Waals surface area contributed by atoms with Crippen molar-refractivity contribution in [3.8, 4) is 10.6 Å². The number of hydrogen-bond donors (Lipinski definition) is 0. The Labute approximate surface area is 171 Å². The van der Waals surface area contributed by atoms with Gasteiger partial charge in [0.2, 0.25) is 10.0 Å². The lowest BCUT2D eigenvalue weighted by Crippen LogP contribution is -2.49. The van der Waals surface area contributed by atoms with Gasteiger partial charge in [0.25, 0.3) is 5.69 Å². The lowest BCUT2D eigenvalue weighted by atomic mass is 10.3. The van der Waals surface area contributed by atoms with Crippen LogP contribution in [-0.4, -0.2) is 54.0 Å². The summed E-state index contributed by atoms with van der Waals surface area (Å²) in [5.41, 5.74) is 0.557. The van der Waals surface area contributed by atoms with E-state index in [1.165, 1.54) is 22.5 Å². The van der Waals surface area contributed by atoms with Gasteiger partial charge in [0, 0.05) is 38.3 Å². The zero-order valence-corrected chi connectivity index (χ0v) is 16.8. The molecule has 0 saturated carbocycles. The molecule has 150 valence electrons. The topological polar surface area (TPSA) is 110 Å². The van der Waals surface area contributed by atoms with Crippen LogP contribution >= 0.6 is 11.3 Å². The monoisotopic (exact) mass is 431 g/mol. The third-order valence-corrected chi connectivity index (χ3v) is 7.44. The van der Waals surface area contributed by atoms with Gasteiger partial charge >= 0.3 is 0 Å². The fourth-order valence-electron chi connectivity index (χ4n) is 3.11. The number of nitro groups is 1. The van der Waals surface area contributed by atoms with E-state index in [9.17, 15) is 18.5 Å². The Morgan fingerprint density at radius 2 is 1.79 bits per heavy atom. The molecule has 0 aliphatic carbocycles. The first kappa shape index (κ1) is 19.4. The van der Waals surface area contributed by atoms with Crippen LogP contribution in [0.5, 0.6) is 0 Å². The van der Waals surface area contributed by atoms with E-state index in [1.54, 1.807) is 11.3 Å². The first-order chi connectivity index (χ1) is 13.9. The van der Waals surface area contributed by atoms with Gasteiger partial charge < -0.3 is 4.90 Å². The van der Waals surface area contributed by atoms with Crippen molar-refractivity contribution in [1.82, 2.24) is 14.5 Å². The summed E-state index contributed by atoms with van der Waals surface area (Å²) < 4.78 is 27.0. The summed E-state index contributed by atoms with van der Waals surface area (Å²) in [6.07, 6.45) is 0. The van der Waals surface area contributed by atoms with E-state index in [4.69, 9.17) is 0 Å². The predicted molar refractivity (Wildman–Crippen MR) is 109 cm³/mol. The molecule has 3 aromatic rings. The normalized spacial score (nSPS) is 15.4. The van der Waals surface area contributed by atoms with Gasteiger partial charge in [-0.2, -0.15) is 4.31 Å². The Hall–Kier alpha value is -2.89. The molecule has 1 saturated heterocycles. The van der Waals surface area contributed by atoms with Gasteiger partial charge in [0.15, 0.2) is 5.82 Å². The maximum absolute atomic E-state index is 12.8. The molecule has 0 unspecified atom stereocenters. The number of thiophene rings is 1. The van der Waals surface area contributed by atoms with Gasteiger partial charge in [-0.1, -0.05) is 12.1 Å². The van der Waals surface area contributed by atoms with Crippen molar-refractivity contribution in [3.63, 3.8) is 0 Å². The van der Waals surface area contributed by atoms with E-state index in [2.05, 4.69) is 10.2 Å².